The highest BCUT2D eigenvalue weighted by Gasteiger charge is 2.19. The minimum atomic E-state index is -0.543. The summed E-state index contributed by atoms with van der Waals surface area (Å²) in [6, 6.07) is 28.7. The lowest BCUT2D eigenvalue weighted by Crippen LogP contribution is -2.32. The fourth-order valence-corrected chi connectivity index (χ4v) is 5.76. The predicted octanol–water partition coefficient (Wildman–Crippen LogP) is 5.91. The SMILES string of the molecule is Cc1cc(NC(=O)c2cc(=O)c3ccccc3o2)c(-c2nnn(-c3ccc(CCN4CCc5ccccc5C4)cc3)n2)cc1C. The van der Waals surface area contributed by atoms with Crippen LogP contribution in [-0.4, -0.2) is 44.1 Å². The second kappa shape index (κ2) is 11.9. The van der Waals surface area contributed by atoms with Crippen LogP contribution in [-0.2, 0) is 19.4 Å². The Kier molecular flexibility index (Phi) is 7.52. The lowest BCUT2D eigenvalue weighted by molar-refractivity contribution is 0.0997. The van der Waals surface area contributed by atoms with Gasteiger partial charge in [-0.05, 0) is 96.1 Å². The molecule has 224 valence electrons. The Labute approximate surface area is 260 Å². The minimum absolute atomic E-state index is 0.0790. The highest BCUT2D eigenvalue weighted by atomic mass is 16.3. The van der Waals surface area contributed by atoms with Crippen LogP contribution in [0.4, 0.5) is 5.69 Å². The van der Waals surface area contributed by atoms with Crippen molar-refractivity contribution in [2.24, 2.45) is 0 Å². The van der Waals surface area contributed by atoms with Crippen molar-refractivity contribution in [2.75, 3.05) is 18.4 Å². The third-order valence-electron chi connectivity index (χ3n) is 8.49. The monoisotopic (exact) mass is 596 g/mol. The van der Waals surface area contributed by atoms with Crippen LogP contribution in [0.1, 0.15) is 38.4 Å². The lowest BCUT2D eigenvalue weighted by Gasteiger charge is -2.28. The Bertz CT molecular complexity index is 2100. The number of hydrogen-bond donors (Lipinski definition) is 1. The van der Waals surface area contributed by atoms with Crippen molar-refractivity contribution in [3.8, 4) is 17.1 Å². The molecule has 1 aliphatic heterocycles. The molecule has 0 radical (unpaired) electrons. The molecule has 1 N–H and O–H groups in total. The molecule has 0 saturated heterocycles. The summed E-state index contributed by atoms with van der Waals surface area (Å²) in [5.74, 6) is -0.258. The Morgan fingerprint density at radius 3 is 2.51 bits per heavy atom. The molecule has 1 amide bonds. The van der Waals surface area contributed by atoms with Gasteiger partial charge in [0.25, 0.3) is 5.91 Å². The van der Waals surface area contributed by atoms with Crippen LogP contribution in [0.15, 0.2) is 100 Å². The van der Waals surface area contributed by atoms with Crippen molar-refractivity contribution in [2.45, 2.75) is 33.2 Å². The Morgan fingerprint density at radius 1 is 0.911 bits per heavy atom. The zero-order valence-corrected chi connectivity index (χ0v) is 25.2. The third kappa shape index (κ3) is 5.90. The number of aromatic nitrogens is 4. The first-order valence-corrected chi connectivity index (χ1v) is 15.1. The number of hydrogen-bond acceptors (Lipinski definition) is 7. The molecule has 7 rings (SSSR count). The molecule has 0 bridgehead atoms. The van der Waals surface area contributed by atoms with E-state index in [2.05, 4.69) is 62.0 Å². The summed E-state index contributed by atoms with van der Waals surface area (Å²) in [5, 5.41) is 16.6. The van der Waals surface area contributed by atoms with Crippen molar-refractivity contribution in [3.05, 3.63) is 135 Å². The number of tetrazole rings is 1. The molecule has 0 saturated carbocycles. The van der Waals surface area contributed by atoms with Crippen molar-refractivity contribution in [1.29, 1.82) is 0 Å². The molecular weight excluding hydrogens is 564 g/mol. The number of aryl methyl sites for hydroxylation is 2. The fraction of sp³-hybridized carbons (Fsp3) is 0.194. The van der Waals surface area contributed by atoms with Gasteiger partial charge < -0.3 is 9.73 Å². The highest BCUT2D eigenvalue weighted by Crippen LogP contribution is 2.29. The number of carbonyl (C=O) groups excluding carboxylic acids is 1. The first-order chi connectivity index (χ1) is 21.9. The van der Waals surface area contributed by atoms with Crippen LogP contribution >= 0.6 is 0 Å². The molecule has 2 aromatic heterocycles. The van der Waals surface area contributed by atoms with Gasteiger partial charge >= 0.3 is 0 Å². The van der Waals surface area contributed by atoms with Crippen molar-refractivity contribution >= 4 is 22.6 Å². The maximum atomic E-state index is 13.2. The van der Waals surface area contributed by atoms with Crippen LogP contribution < -0.4 is 10.7 Å². The molecule has 3 heterocycles. The van der Waals surface area contributed by atoms with Crippen molar-refractivity contribution < 1.29 is 9.21 Å². The smallest absolute Gasteiger partial charge is 0.291 e. The molecule has 4 aromatic carbocycles. The average Bonchev–Trinajstić information content (AvgIpc) is 3.56. The van der Waals surface area contributed by atoms with E-state index in [-0.39, 0.29) is 11.2 Å². The Morgan fingerprint density at radius 2 is 1.67 bits per heavy atom. The number of nitrogens with one attached hydrogen (secondary N) is 1. The minimum Gasteiger partial charge on any atom is -0.451 e. The van der Waals surface area contributed by atoms with Gasteiger partial charge in [0.2, 0.25) is 5.82 Å². The van der Waals surface area contributed by atoms with Crippen LogP contribution in [0, 0.1) is 13.8 Å². The lowest BCUT2D eigenvalue weighted by atomic mass is 9.99. The number of anilines is 1. The van der Waals surface area contributed by atoms with E-state index >= 15 is 0 Å². The molecule has 0 aliphatic carbocycles. The molecule has 1 aliphatic rings. The van der Waals surface area contributed by atoms with E-state index in [0.29, 0.717) is 28.0 Å². The molecule has 0 unspecified atom stereocenters. The summed E-state index contributed by atoms with van der Waals surface area (Å²) in [6.45, 7) is 7.03. The number of rotatable bonds is 7. The molecule has 0 atom stereocenters. The second-order valence-electron chi connectivity index (χ2n) is 11.5. The summed E-state index contributed by atoms with van der Waals surface area (Å²) < 4.78 is 5.75. The first-order valence-electron chi connectivity index (χ1n) is 15.1. The maximum Gasteiger partial charge on any atom is 0.291 e. The van der Waals surface area contributed by atoms with E-state index in [0.717, 1.165) is 49.3 Å². The van der Waals surface area contributed by atoms with Gasteiger partial charge in [-0.15, -0.1) is 15.0 Å². The Balaban J connectivity index is 1.07. The summed E-state index contributed by atoms with van der Waals surface area (Å²) in [7, 11) is 0. The quantitative estimate of drug-likeness (QED) is 0.244. The van der Waals surface area contributed by atoms with Crippen molar-refractivity contribution in [3.63, 3.8) is 0 Å². The number of amides is 1. The van der Waals surface area contributed by atoms with Gasteiger partial charge in [-0.1, -0.05) is 48.5 Å². The third-order valence-corrected chi connectivity index (χ3v) is 8.49. The zero-order valence-electron chi connectivity index (χ0n) is 25.2. The van der Waals surface area contributed by atoms with Gasteiger partial charge in [0.15, 0.2) is 11.2 Å². The second-order valence-corrected chi connectivity index (χ2v) is 11.5. The number of nitrogens with zero attached hydrogens (tertiary/aromatic N) is 5. The molecule has 9 nitrogen and oxygen atoms in total. The number of para-hydroxylation sites is 1. The van der Waals surface area contributed by atoms with Gasteiger partial charge in [-0.25, -0.2) is 0 Å². The van der Waals surface area contributed by atoms with Gasteiger partial charge in [0.05, 0.1) is 16.8 Å². The summed E-state index contributed by atoms with van der Waals surface area (Å²) in [6.07, 6.45) is 2.06. The van der Waals surface area contributed by atoms with E-state index in [9.17, 15) is 9.59 Å². The van der Waals surface area contributed by atoms with Crippen LogP contribution in [0.3, 0.4) is 0 Å². The number of benzene rings is 4. The largest absolute Gasteiger partial charge is 0.451 e. The summed E-state index contributed by atoms with van der Waals surface area (Å²) in [4.78, 5) is 29.8. The number of carbonyl (C=O) groups is 1. The summed E-state index contributed by atoms with van der Waals surface area (Å²) in [5.41, 5.74) is 8.09. The molecule has 9 heteroatoms. The normalized spacial score (nSPS) is 13.1. The van der Waals surface area contributed by atoms with Gasteiger partial charge in [-0.3, -0.25) is 14.5 Å². The van der Waals surface area contributed by atoms with Crippen molar-refractivity contribution in [1.82, 2.24) is 25.1 Å². The van der Waals surface area contributed by atoms with Crippen LogP contribution in [0.2, 0.25) is 0 Å². The van der Waals surface area contributed by atoms with E-state index in [1.165, 1.54) is 27.6 Å². The standard InChI is InChI=1S/C36H32N6O3/c1-23-19-30(31(20-24(23)2)37-36(44)34-21-32(43)29-9-5-6-10-33(29)45-34)35-38-40-42(39-35)28-13-11-25(12-14-28)15-17-41-18-16-26-7-3-4-8-27(26)22-41/h3-14,19-21H,15-18,22H2,1-2H3,(H,37,44). The fourth-order valence-electron chi connectivity index (χ4n) is 5.76. The number of fused-ring (bicyclic) bond motifs is 2. The molecular formula is C36H32N6O3. The predicted molar refractivity (Wildman–Crippen MR) is 174 cm³/mol. The molecule has 0 spiro atoms. The van der Waals surface area contributed by atoms with Crippen LogP contribution in [0.25, 0.3) is 28.0 Å². The molecule has 45 heavy (non-hydrogen) atoms. The molecule has 6 aromatic rings. The van der Waals surface area contributed by atoms with Crippen LogP contribution in [0.5, 0.6) is 0 Å². The molecule has 0 fully saturated rings. The van der Waals surface area contributed by atoms with E-state index in [1.54, 1.807) is 24.3 Å². The van der Waals surface area contributed by atoms with E-state index < -0.39 is 5.91 Å². The zero-order chi connectivity index (χ0) is 30.9. The summed E-state index contributed by atoms with van der Waals surface area (Å²) >= 11 is 0. The topological polar surface area (TPSA) is 106 Å². The average molecular weight is 597 g/mol. The van der Waals surface area contributed by atoms with Gasteiger partial charge in [0, 0.05) is 31.3 Å². The maximum absolute atomic E-state index is 13.2. The van der Waals surface area contributed by atoms with Gasteiger partial charge in [-0.2, -0.15) is 0 Å². The first kappa shape index (κ1) is 28.4. The van der Waals surface area contributed by atoms with E-state index in [1.807, 2.05) is 38.1 Å². The highest BCUT2D eigenvalue weighted by molar-refractivity contribution is 6.05. The van der Waals surface area contributed by atoms with E-state index in [4.69, 9.17) is 4.42 Å². The Hall–Kier alpha value is -5.41. The van der Waals surface area contributed by atoms with Gasteiger partial charge in [0.1, 0.15) is 5.58 Å².